The van der Waals surface area contributed by atoms with Crippen molar-refractivity contribution in [1.82, 2.24) is 0 Å². The molecule has 84 valence electrons. The third kappa shape index (κ3) is 2.81. The summed E-state index contributed by atoms with van der Waals surface area (Å²) in [5.41, 5.74) is 5.94. The number of nitrogens with two attached hydrogens (primary N) is 1. The van der Waals surface area contributed by atoms with Gasteiger partial charge in [0.1, 0.15) is 0 Å². The lowest BCUT2D eigenvalue weighted by atomic mass is 10.0. The second-order valence-corrected chi connectivity index (χ2v) is 3.57. The van der Waals surface area contributed by atoms with Crippen LogP contribution in [0.25, 0.3) is 0 Å². The predicted molar refractivity (Wildman–Crippen MR) is 56.6 cm³/mol. The average Bonchev–Trinajstić information content (AvgIpc) is 2.21. The molecule has 15 heavy (non-hydrogen) atoms. The number of halogens is 2. The summed E-state index contributed by atoms with van der Waals surface area (Å²) in [6.07, 6.45) is 0.278. The van der Waals surface area contributed by atoms with Gasteiger partial charge in [-0.25, -0.2) is 4.39 Å². The van der Waals surface area contributed by atoms with Crippen LogP contribution >= 0.6 is 11.6 Å². The SMILES string of the molecule is COc1cc(Cl)cc(C(N)CCO)c1F. The highest BCUT2D eigenvalue weighted by atomic mass is 35.5. The first-order chi connectivity index (χ1) is 7.10. The molecule has 1 rings (SSSR count). The number of ether oxygens (including phenoxy) is 1. The molecule has 0 heterocycles. The highest BCUT2D eigenvalue weighted by Crippen LogP contribution is 2.29. The molecule has 0 saturated heterocycles. The molecule has 0 aliphatic heterocycles. The average molecular weight is 234 g/mol. The maximum absolute atomic E-state index is 13.7. The molecule has 0 aliphatic carbocycles. The molecule has 1 aromatic carbocycles. The lowest BCUT2D eigenvalue weighted by Gasteiger charge is -2.14. The van der Waals surface area contributed by atoms with Crippen LogP contribution in [-0.4, -0.2) is 18.8 Å². The Morgan fingerprint density at radius 1 is 1.60 bits per heavy atom. The largest absolute Gasteiger partial charge is 0.494 e. The summed E-state index contributed by atoms with van der Waals surface area (Å²) in [5, 5.41) is 9.08. The number of benzene rings is 1. The van der Waals surface area contributed by atoms with Gasteiger partial charge in [-0.2, -0.15) is 0 Å². The van der Waals surface area contributed by atoms with Crippen LogP contribution in [-0.2, 0) is 0 Å². The van der Waals surface area contributed by atoms with Crippen molar-refractivity contribution < 1.29 is 14.2 Å². The predicted octanol–water partition coefficient (Wildman–Crippen LogP) is 1.87. The van der Waals surface area contributed by atoms with Crippen LogP contribution in [0.1, 0.15) is 18.0 Å². The molecule has 5 heteroatoms. The first-order valence-corrected chi connectivity index (χ1v) is 4.87. The van der Waals surface area contributed by atoms with Gasteiger partial charge in [0.2, 0.25) is 0 Å². The lowest BCUT2D eigenvalue weighted by Crippen LogP contribution is -2.14. The van der Waals surface area contributed by atoms with Crippen LogP contribution in [0.15, 0.2) is 12.1 Å². The van der Waals surface area contributed by atoms with E-state index in [-0.39, 0.29) is 24.3 Å². The summed E-state index contributed by atoms with van der Waals surface area (Å²) in [5.74, 6) is -0.464. The summed E-state index contributed by atoms with van der Waals surface area (Å²) in [7, 11) is 1.36. The van der Waals surface area contributed by atoms with E-state index in [0.29, 0.717) is 5.02 Å². The van der Waals surface area contributed by atoms with Gasteiger partial charge in [-0.1, -0.05) is 11.6 Å². The van der Waals surface area contributed by atoms with Crippen molar-refractivity contribution >= 4 is 11.6 Å². The molecule has 0 spiro atoms. The molecule has 0 fully saturated rings. The number of aliphatic hydroxyl groups is 1. The van der Waals surface area contributed by atoms with Crippen LogP contribution in [0.5, 0.6) is 5.75 Å². The number of hydrogen-bond donors (Lipinski definition) is 2. The Hall–Kier alpha value is -0.840. The maximum atomic E-state index is 13.7. The van der Waals surface area contributed by atoms with Crippen LogP contribution in [0.3, 0.4) is 0 Å². The first kappa shape index (κ1) is 12.2. The Morgan fingerprint density at radius 3 is 2.80 bits per heavy atom. The molecule has 1 unspecified atom stereocenters. The minimum Gasteiger partial charge on any atom is -0.494 e. The summed E-state index contributed by atoms with van der Waals surface area (Å²) >= 11 is 5.78. The highest BCUT2D eigenvalue weighted by molar-refractivity contribution is 6.30. The molecule has 0 amide bonds. The highest BCUT2D eigenvalue weighted by Gasteiger charge is 2.16. The van der Waals surface area contributed by atoms with Crippen molar-refractivity contribution in [3.8, 4) is 5.75 Å². The molecule has 0 aromatic heterocycles. The van der Waals surface area contributed by atoms with Gasteiger partial charge in [-0.3, -0.25) is 0 Å². The van der Waals surface area contributed by atoms with Gasteiger partial charge in [0.25, 0.3) is 0 Å². The van der Waals surface area contributed by atoms with Gasteiger partial charge in [0, 0.05) is 29.3 Å². The minimum absolute atomic E-state index is 0.0610. The Bertz CT molecular complexity index is 346. The monoisotopic (exact) mass is 233 g/mol. The van der Waals surface area contributed by atoms with Crippen LogP contribution in [0.4, 0.5) is 4.39 Å². The van der Waals surface area contributed by atoms with E-state index in [4.69, 9.17) is 27.2 Å². The maximum Gasteiger partial charge on any atom is 0.169 e. The van der Waals surface area contributed by atoms with Gasteiger partial charge < -0.3 is 15.6 Å². The van der Waals surface area contributed by atoms with Gasteiger partial charge in [-0.05, 0) is 12.5 Å². The molecule has 0 saturated carbocycles. The zero-order valence-electron chi connectivity index (χ0n) is 8.34. The van der Waals surface area contributed by atoms with Crippen molar-refractivity contribution in [2.45, 2.75) is 12.5 Å². The Morgan fingerprint density at radius 2 is 2.27 bits per heavy atom. The zero-order valence-corrected chi connectivity index (χ0v) is 9.09. The van der Waals surface area contributed by atoms with E-state index in [1.54, 1.807) is 0 Å². The summed E-state index contributed by atoms with van der Waals surface area (Å²) in [6, 6.07) is 2.24. The summed E-state index contributed by atoms with van der Waals surface area (Å²) in [6.45, 7) is -0.102. The fourth-order valence-corrected chi connectivity index (χ4v) is 1.51. The normalized spacial score (nSPS) is 12.6. The number of methoxy groups -OCH3 is 1. The molecule has 3 N–H and O–H groups in total. The van der Waals surface area contributed by atoms with Crippen molar-refractivity contribution in [3.63, 3.8) is 0 Å². The van der Waals surface area contributed by atoms with Crippen molar-refractivity contribution in [1.29, 1.82) is 0 Å². The molecule has 1 atom stereocenters. The Labute approximate surface area is 92.6 Å². The van der Waals surface area contributed by atoms with E-state index in [1.165, 1.54) is 19.2 Å². The lowest BCUT2D eigenvalue weighted by molar-refractivity contribution is 0.275. The van der Waals surface area contributed by atoms with Gasteiger partial charge >= 0.3 is 0 Å². The summed E-state index contributed by atoms with van der Waals surface area (Å²) in [4.78, 5) is 0. The van der Waals surface area contributed by atoms with Crippen molar-refractivity contribution in [2.75, 3.05) is 13.7 Å². The third-order valence-electron chi connectivity index (χ3n) is 2.09. The van der Waals surface area contributed by atoms with Gasteiger partial charge in [-0.15, -0.1) is 0 Å². The fraction of sp³-hybridized carbons (Fsp3) is 0.400. The van der Waals surface area contributed by atoms with E-state index in [9.17, 15) is 4.39 Å². The van der Waals surface area contributed by atoms with Crippen LogP contribution < -0.4 is 10.5 Å². The molecule has 0 radical (unpaired) electrons. The molecule has 0 aliphatic rings. The van der Waals surface area contributed by atoms with Crippen molar-refractivity contribution in [3.05, 3.63) is 28.5 Å². The molecule has 0 bridgehead atoms. The van der Waals surface area contributed by atoms with Crippen molar-refractivity contribution in [2.24, 2.45) is 5.73 Å². The molecular weight excluding hydrogens is 221 g/mol. The molecule has 3 nitrogen and oxygen atoms in total. The summed E-state index contributed by atoms with van der Waals surface area (Å²) < 4.78 is 18.5. The third-order valence-corrected chi connectivity index (χ3v) is 2.31. The smallest absolute Gasteiger partial charge is 0.169 e. The van der Waals surface area contributed by atoms with E-state index < -0.39 is 11.9 Å². The van der Waals surface area contributed by atoms with Gasteiger partial charge in [0.15, 0.2) is 11.6 Å². The number of rotatable bonds is 4. The Kier molecular flexibility index (Phi) is 4.32. The minimum atomic E-state index is -0.581. The molecule has 1 aromatic rings. The van der Waals surface area contributed by atoms with Crippen LogP contribution in [0, 0.1) is 5.82 Å². The van der Waals surface area contributed by atoms with E-state index in [1.807, 2.05) is 0 Å². The number of aliphatic hydroxyl groups excluding tert-OH is 1. The quantitative estimate of drug-likeness (QED) is 0.835. The van der Waals surface area contributed by atoms with E-state index in [0.717, 1.165) is 0 Å². The molecular formula is C10H13ClFNO2. The standard InChI is InChI=1S/C10H13ClFNO2/c1-15-9-5-6(11)4-7(10(9)12)8(13)2-3-14/h4-5,8,14H,2-3,13H2,1H3. The zero-order chi connectivity index (χ0) is 11.4. The second kappa shape index (κ2) is 5.30. The van der Waals surface area contributed by atoms with E-state index in [2.05, 4.69) is 0 Å². The van der Waals surface area contributed by atoms with Crippen LogP contribution in [0.2, 0.25) is 5.02 Å². The van der Waals surface area contributed by atoms with Gasteiger partial charge in [0.05, 0.1) is 7.11 Å². The second-order valence-electron chi connectivity index (χ2n) is 3.13. The van der Waals surface area contributed by atoms with E-state index >= 15 is 0 Å². The fourth-order valence-electron chi connectivity index (χ4n) is 1.30. The topological polar surface area (TPSA) is 55.5 Å². The Balaban J connectivity index is 3.11. The number of hydrogen-bond acceptors (Lipinski definition) is 3. The first-order valence-electron chi connectivity index (χ1n) is 4.49.